The average molecular weight is 458 g/mol. The number of esters is 2. The zero-order valence-electron chi connectivity index (χ0n) is 17.1. The van der Waals surface area contributed by atoms with E-state index in [0.29, 0.717) is 5.69 Å². The highest BCUT2D eigenvalue weighted by atomic mass is 32.2. The molecule has 2 aromatic rings. The smallest absolute Gasteiger partial charge is 0.355 e. The zero-order valence-corrected chi connectivity index (χ0v) is 17.9. The average Bonchev–Trinajstić information content (AvgIpc) is 3.02. The largest absolute Gasteiger partial charge is 0.465 e. The molecule has 0 unspecified atom stereocenters. The Morgan fingerprint density at radius 3 is 2.22 bits per heavy atom. The zero-order chi connectivity index (χ0) is 23.3. The van der Waals surface area contributed by atoms with Gasteiger partial charge in [-0.2, -0.15) is 0 Å². The summed E-state index contributed by atoms with van der Waals surface area (Å²) in [5, 5.41) is 0. The van der Waals surface area contributed by atoms with Gasteiger partial charge in [-0.05, 0) is 48.6 Å². The van der Waals surface area contributed by atoms with Gasteiger partial charge in [-0.25, -0.2) is 22.4 Å². The van der Waals surface area contributed by atoms with E-state index in [2.05, 4.69) is 4.72 Å². The van der Waals surface area contributed by atoms with E-state index in [1.165, 1.54) is 73.9 Å². The van der Waals surface area contributed by atoms with Crippen molar-refractivity contribution in [2.45, 2.75) is 4.90 Å². The maximum absolute atomic E-state index is 13.8. The summed E-state index contributed by atoms with van der Waals surface area (Å²) in [6, 6.07) is 10.8. The van der Waals surface area contributed by atoms with E-state index in [0.717, 1.165) is 6.07 Å². The lowest BCUT2D eigenvalue weighted by molar-refractivity contribution is -0.139. The minimum absolute atomic E-state index is 0.0396. The number of anilines is 2. The molecule has 0 atom stereocenters. The van der Waals surface area contributed by atoms with Gasteiger partial charge < -0.3 is 14.4 Å². The molecule has 0 saturated heterocycles. The van der Waals surface area contributed by atoms with Crippen molar-refractivity contribution in [1.82, 2.24) is 0 Å². The molecule has 0 aliphatic carbocycles. The molecule has 1 heterocycles. The maximum atomic E-state index is 13.8. The number of nitrogens with zero attached hydrogens (tertiary/aromatic N) is 1. The van der Waals surface area contributed by atoms with Crippen LogP contribution in [0.1, 0.15) is 0 Å². The van der Waals surface area contributed by atoms with Crippen molar-refractivity contribution < 1.29 is 31.9 Å². The summed E-state index contributed by atoms with van der Waals surface area (Å²) in [7, 11) is -1.71. The first-order valence-electron chi connectivity index (χ1n) is 9.21. The first-order valence-corrected chi connectivity index (χ1v) is 10.7. The fraction of sp³-hybridized carbons (Fsp3) is 0.0909. The summed E-state index contributed by atoms with van der Waals surface area (Å²) in [5.74, 6) is -2.25. The molecule has 0 saturated carbocycles. The van der Waals surface area contributed by atoms with Crippen molar-refractivity contribution >= 4 is 33.3 Å². The van der Waals surface area contributed by atoms with Crippen molar-refractivity contribution in [2.75, 3.05) is 23.8 Å². The summed E-state index contributed by atoms with van der Waals surface area (Å²) < 4.78 is 50.9. The second-order valence-electron chi connectivity index (χ2n) is 6.40. The molecule has 0 bridgehead atoms. The minimum Gasteiger partial charge on any atom is -0.465 e. The van der Waals surface area contributed by atoms with E-state index in [1.807, 2.05) is 0 Å². The fourth-order valence-electron chi connectivity index (χ4n) is 2.90. The number of halogens is 1. The third-order valence-corrected chi connectivity index (χ3v) is 5.81. The summed E-state index contributed by atoms with van der Waals surface area (Å²) in [6.45, 7) is 0. The Morgan fingerprint density at radius 1 is 0.938 bits per heavy atom. The summed E-state index contributed by atoms with van der Waals surface area (Å²) >= 11 is 0. The van der Waals surface area contributed by atoms with E-state index < -0.39 is 27.8 Å². The highest BCUT2D eigenvalue weighted by molar-refractivity contribution is 7.92. The molecule has 0 aromatic heterocycles. The molecule has 1 aliphatic heterocycles. The molecule has 166 valence electrons. The van der Waals surface area contributed by atoms with Crippen molar-refractivity contribution in [1.29, 1.82) is 0 Å². The molecular weight excluding hydrogens is 439 g/mol. The van der Waals surface area contributed by atoms with Crippen LogP contribution in [-0.4, -0.2) is 34.6 Å². The number of benzene rings is 2. The van der Waals surface area contributed by atoms with Gasteiger partial charge in [0.25, 0.3) is 10.0 Å². The molecule has 0 radical (unpaired) electrons. The molecule has 1 aliphatic rings. The Morgan fingerprint density at radius 2 is 1.59 bits per heavy atom. The van der Waals surface area contributed by atoms with Crippen LogP contribution in [0.15, 0.2) is 89.1 Å². The van der Waals surface area contributed by atoms with Crippen LogP contribution in [0.3, 0.4) is 0 Å². The summed E-state index contributed by atoms with van der Waals surface area (Å²) in [5.41, 5.74) is 0.0417. The second-order valence-corrected chi connectivity index (χ2v) is 8.08. The number of sulfonamides is 1. The first kappa shape index (κ1) is 22.8. The predicted octanol–water partition coefficient (Wildman–Crippen LogP) is 3.12. The van der Waals surface area contributed by atoms with Gasteiger partial charge in [-0.1, -0.05) is 18.2 Å². The minimum atomic E-state index is -4.07. The second kappa shape index (κ2) is 9.48. The molecule has 0 fully saturated rings. The lowest BCUT2D eigenvalue weighted by Crippen LogP contribution is -2.27. The Hall–Kier alpha value is -3.92. The van der Waals surface area contributed by atoms with Crippen molar-refractivity contribution in [3.63, 3.8) is 0 Å². The third kappa shape index (κ3) is 4.70. The van der Waals surface area contributed by atoms with E-state index in [9.17, 15) is 22.4 Å². The Labute approximate surface area is 184 Å². The predicted molar refractivity (Wildman–Crippen MR) is 115 cm³/mol. The number of carbonyl (C=O) groups is 2. The number of hydrogen-bond donors (Lipinski definition) is 1. The molecule has 32 heavy (non-hydrogen) atoms. The highest BCUT2D eigenvalue weighted by Gasteiger charge is 2.27. The van der Waals surface area contributed by atoms with Crippen LogP contribution in [0, 0.1) is 5.82 Å². The topological polar surface area (TPSA) is 102 Å². The molecule has 0 amide bonds. The molecular formula is C22H19FN2O6S. The third-order valence-electron chi connectivity index (χ3n) is 4.43. The van der Waals surface area contributed by atoms with Crippen molar-refractivity contribution in [3.05, 3.63) is 90.0 Å². The SMILES string of the molecule is COC(=O)C1=C(C(=O)OC)N(c2ccc(S(=O)(=O)Nc3ccccc3F)cc2)C=CC=C1. The van der Waals surface area contributed by atoms with Crippen LogP contribution in [0.25, 0.3) is 0 Å². The molecule has 1 N–H and O–H groups in total. The maximum Gasteiger partial charge on any atom is 0.355 e. The van der Waals surface area contributed by atoms with E-state index in [-0.39, 0.29) is 21.9 Å². The first-order chi connectivity index (χ1) is 15.3. The van der Waals surface area contributed by atoms with Crippen LogP contribution in [0.4, 0.5) is 15.8 Å². The summed E-state index contributed by atoms with van der Waals surface area (Å²) in [6.07, 6.45) is 6.06. The number of hydrogen-bond acceptors (Lipinski definition) is 7. The quantitative estimate of drug-likeness (QED) is 0.664. The lowest BCUT2D eigenvalue weighted by Gasteiger charge is -2.23. The van der Waals surface area contributed by atoms with Gasteiger partial charge in [0.2, 0.25) is 0 Å². The van der Waals surface area contributed by atoms with Crippen LogP contribution in [-0.2, 0) is 29.1 Å². The van der Waals surface area contributed by atoms with Gasteiger partial charge in [0.15, 0.2) is 0 Å². The fourth-order valence-corrected chi connectivity index (χ4v) is 3.97. The lowest BCUT2D eigenvalue weighted by atomic mass is 10.1. The molecule has 3 rings (SSSR count). The number of allylic oxidation sites excluding steroid dienone is 2. The number of carbonyl (C=O) groups excluding carboxylic acids is 2. The van der Waals surface area contributed by atoms with Gasteiger partial charge in [0.1, 0.15) is 11.5 Å². The monoisotopic (exact) mass is 458 g/mol. The normalized spacial score (nSPS) is 13.5. The molecule has 8 nitrogen and oxygen atoms in total. The number of methoxy groups -OCH3 is 2. The number of nitrogens with one attached hydrogen (secondary N) is 1. The van der Waals surface area contributed by atoms with E-state index >= 15 is 0 Å². The molecule has 0 spiro atoms. The van der Waals surface area contributed by atoms with Gasteiger partial charge in [0, 0.05) is 11.9 Å². The van der Waals surface area contributed by atoms with Crippen LogP contribution in [0.5, 0.6) is 0 Å². The number of rotatable bonds is 6. The molecule has 2 aromatic carbocycles. The van der Waals surface area contributed by atoms with Crippen molar-refractivity contribution in [2.24, 2.45) is 0 Å². The number of para-hydroxylation sites is 1. The molecule has 10 heteroatoms. The standard InChI is InChI=1S/C22H19FN2O6S/c1-30-21(26)17-7-5-6-14-25(20(17)22(27)31-2)15-10-12-16(13-11-15)32(28,29)24-19-9-4-3-8-18(19)23/h3-14,24H,1-2H3. The van der Waals surface area contributed by atoms with E-state index in [4.69, 9.17) is 9.47 Å². The van der Waals surface area contributed by atoms with Gasteiger partial charge >= 0.3 is 11.9 Å². The van der Waals surface area contributed by atoms with Gasteiger partial charge in [-0.3, -0.25) is 4.72 Å². The van der Waals surface area contributed by atoms with Crippen LogP contribution < -0.4 is 9.62 Å². The summed E-state index contributed by atoms with van der Waals surface area (Å²) in [4.78, 5) is 25.9. The van der Waals surface area contributed by atoms with Crippen LogP contribution in [0.2, 0.25) is 0 Å². The van der Waals surface area contributed by atoms with Gasteiger partial charge in [0.05, 0.1) is 30.4 Å². The van der Waals surface area contributed by atoms with E-state index in [1.54, 1.807) is 12.2 Å². The van der Waals surface area contributed by atoms with Crippen molar-refractivity contribution in [3.8, 4) is 0 Å². The number of ether oxygens (including phenoxy) is 2. The highest BCUT2D eigenvalue weighted by Crippen LogP contribution is 2.28. The Balaban J connectivity index is 1.99. The van der Waals surface area contributed by atoms with Crippen LogP contribution >= 0.6 is 0 Å². The Kier molecular flexibility index (Phi) is 6.74. The van der Waals surface area contributed by atoms with Gasteiger partial charge in [-0.15, -0.1) is 0 Å². The Bertz CT molecular complexity index is 1230.